The van der Waals surface area contributed by atoms with Gasteiger partial charge in [-0.05, 0) is 70.6 Å². The Morgan fingerprint density at radius 3 is 1.18 bits per heavy atom. The number of aliphatic hydroxyl groups excluding tert-OH is 1. The van der Waals surface area contributed by atoms with Gasteiger partial charge in [-0.1, -0.05) is 305 Å². The van der Waals surface area contributed by atoms with Gasteiger partial charge >= 0.3 is 7.82 Å². The molecule has 0 aliphatic carbocycles. The summed E-state index contributed by atoms with van der Waals surface area (Å²) in [7, 11) is 1.56. The average Bonchev–Trinajstić information content (AvgIpc) is 3.41. The number of rotatable bonds is 61. The first kappa shape index (κ1) is 75.9. The fraction of sp³-hybridized carbons (Fsp3) is 0.812. The molecule has 0 saturated heterocycles. The molecule has 78 heavy (non-hydrogen) atoms. The molecule has 0 aliphatic heterocycles. The standard InChI is InChI=1S/C69H129N2O6P/c1-6-8-10-12-14-16-18-20-22-24-26-28-30-32-33-34-35-36-37-39-40-42-44-46-48-50-52-54-56-58-60-62-68(72)67(66-77-78(74,75)76-65-64-71(3,4)5)70-69(73)63-61-59-57-55-53-51-49-47-45-43-41-38-31-29-27-25-23-21-19-17-15-13-11-9-7-2/h9,11,15,17,21,23,27,29,52,54,60,62,67-68,72H,6-8,10,12-14,16,18-20,22,24-26,28,30-51,53,55-59,61,63-66H2,1-5H3,(H-,70,73,74,75)/p+1/b11-9-,17-15-,23-21-,29-27-,54-52+,62-60+. The van der Waals surface area contributed by atoms with Crippen LogP contribution in [0.5, 0.6) is 0 Å². The van der Waals surface area contributed by atoms with Gasteiger partial charge in [-0.2, -0.15) is 0 Å². The van der Waals surface area contributed by atoms with Gasteiger partial charge in [0.15, 0.2) is 0 Å². The molecule has 3 atom stereocenters. The van der Waals surface area contributed by atoms with Crippen LogP contribution in [0.2, 0.25) is 0 Å². The highest BCUT2D eigenvalue weighted by Crippen LogP contribution is 2.43. The van der Waals surface area contributed by atoms with Crippen molar-refractivity contribution in [3.8, 4) is 0 Å². The van der Waals surface area contributed by atoms with E-state index in [1.807, 2.05) is 27.2 Å². The summed E-state index contributed by atoms with van der Waals surface area (Å²) < 4.78 is 23.8. The third-order valence-corrected chi connectivity index (χ3v) is 15.9. The van der Waals surface area contributed by atoms with Crippen LogP contribution < -0.4 is 5.32 Å². The molecular weight excluding hydrogens is 984 g/mol. The Morgan fingerprint density at radius 1 is 0.449 bits per heavy atom. The highest BCUT2D eigenvalue weighted by Gasteiger charge is 2.28. The highest BCUT2D eigenvalue weighted by molar-refractivity contribution is 7.47. The summed E-state index contributed by atoms with van der Waals surface area (Å²) in [5.41, 5.74) is 0. The first-order valence-corrected chi connectivity index (χ1v) is 34.8. The summed E-state index contributed by atoms with van der Waals surface area (Å²) in [5, 5.41) is 14.0. The maximum absolute atomic E-state index is 13.0. The third kappa shape index (κ3) is 61.6. The first-order valence-electron chi connectivity index (χ1n) is 33.3. The van der Waals surface area contributed by atoms with Gasteiger partial charge in [0.05, 0.1) is 39.9 Å². The van der Waals surface area contributed by atoms with Crippen molar-refractivity contribution in [3.63, 3.8) is 0 Å². The second-order valence-electron chi connectivity index (χ2n) is 23.8. The minimum Gasteiger partial charge on any atom is -0.387 e. The van der Waals surface area contributed by atoms with Gasteiger partial charge in [-0.25, -0.2) is 4.57 Å². The molecule has 3 unspecified atom stereocenters. The van der Waals surface area contributed by atoms with Crippen molar-refractivity contribution in [2.45, 2.75) is 321 Å². The smallest absolute Gasteiger partial charge is 0.387 e. The summed E-state index contributed by atoms with van der Waals surface area (Å²) in [6.45, 7) is 4.71. The number of phosphoric acid groups is 1. The molecule has 0 aliphatic rings. The number of quaternary nitrogens is 1. The summed E-state index contributed by atoms with van der Waals surface area (Å²) in [6, 6.07) is -0.870. The van der Waals surface area contributed by atoms with E-state index in [-0.39, 0.29) is 19.1 Å². The topological polar surface area (TPSA) is 105 Å². The first-order chi connectivity index (χ1) is 38.0. The predicted octanol–water partition coefficient (Wildman–Crippen LogP) is 21.0. The van der Waals surface area contributed by atoms with Crippen molar-refractivity contribution in [2.75, 3.05) is 40.9 Å². The van der Waals surface area contributed by atoms with Crippen LogP contribution >= 0.6 is 7.82 Å². The van der Waals surface area contributed by atoms with E-state index < -0.39 is 20.0 Å². The van der Waals surface area contributed by atoms with E-state index in [2.05, 4.69) is 79.9 Å². The van der Waals surface area contributed by atoms with Crippen molar-refractivity contribution in [1.29, 1.82) is 0 Å². The second kappa shape index (κ2) is 59.6. The van der Waals surface area contributed by atoms with E-state index in [0.29, 0.717) is 17.4 Å². The Balaban J connectivity index is 4.14. The van der Waals surface area contributed by atoms with E-state index in [4.69, 9.17) is 9.05 Å². The normalized spacial score (nSPS) is 14.2. The van der Waals surface area contributed by atoms with Gasteiger partial charge in [0, 0.05) is 6.42 Å². The Kier molecular flexibility index (Phi) is 58.0. The summed E-state index contributed by atoms with van der Waals surface area (Å²) in [6.07, 6.45) is 83.3. The maximum atomic E-state index is 13.0. The van der Waals surface area contributed by atoms with Crippen LogP contribution in [-0.2, 0) is 18.4 Å². The van der Waals surface area contributed by atoms with Gasteiger partial charge in [0.25, 0.3) is 0 Å². The molecule has 0 saturated carbocycles. The van der Waals surface area contributed by atoms with Crippen molar-refractivity contribution in [1.82, 2.24) is 5.32 Å². The zero-order valence-corrected chi connectivity index (χ0v) is 53.0. The van der Waals surface area contributed by atoms with Gasteiger partial charge in [0.1, 0.15) is 13.2 Å². The molecule has 3 N–H and O–H groups in total. The van der Waals surface area contributed by atoms with Crippen molar-refractivity contribution in [3.05, 3.63) is 72.9 Å². The lowest BCUT2D eigenvalue weighted by Crippen LogP contribution is -2.45. The molecule has 0 bridgehead atoms. The number of carbonyl (C=O) groups is 1. The molecule has 0 radical (unpaired) electrons. The molecule has 1 amide bonds. The monoisotopic (exact) mass is 1110 g/mol. The number of hydrogen-bond donors (Lipinski definition) is 3. The minimum absolute atomic E-state index is 0.0537. The molecule has 0 heterocycles. The Bertz CT molecular complexity index is 1500. The number of likely N-dealkylation sites (N-methyl/N-ethyl adjacent to an activating group) is 1. The van der Waals surface area contributed by atoms with Gasteiger partial charge in [-0.15, -0.1) is 0 Å². The van der Waals surface area contributed by atoms with E-state index in [1.54, 1.807) is 6.08 Å². The number of allylic oxidation sites excluding steroid dienone is 11. The number of unbranched alkanes of at least 4 members (excludes halogenated alkanes) is 38. The number of phosphoric ester groups is 1. The molecular formula is C69H130N2O6P+. The number of hydrogen-bond acceptors (Lipinski definition) is 5. The molecule has 0 aromatic heterocycles. The average molecular weight is 1110 g/mol. The lowest BCUT2D eigenvalue weighted by Gasteiger charge is -2.25. The van der Waals surface area contributed by atoms with Crippen molar-refractivity contribution < 1.29 is 32.9 Å². The quantitative estimate of drug-likeness (QED) is 0.0243. The van der Waals surface area contributed by atoms with Crippen LogP contribution in [0.1, 0.15) is 309 Å². The zero-order valence-electron chi connectivity index (χ0n) is 52.2. The molecule has 456 valence electrons. The second-order valence-corrected chi connectivity index (χ2v) is 25.3. The van der Waals surface area contributed by atoms with Gasteiger partial charge in [0.2, 0.25) is 5.91 Å². The fourth-order valence-electron chi connectivity index (χ4n) is 9.76. The van der Waals surface area contributed by atoms with Gasteiger partial charge in [-0.3, -0.25) is 13.8 Å². The number of amides is 1. The summed E-state index contributed by atoms with van der Waals surface area (Å²) in [4.78, 5) is 23.4. The largest absolute Gasteiger partial charge is 0.472 e. The molecule has 0 spiro atoms. The van der Waals surface area contributed by atoms with Crippen molar-refractivity contribution in [2.24, 2.45) is 0 Å². The molecule has 9 heteroatoms. The fourth-order valence-corrected chi connectivity index (χ4v) is 10.5. The van der Waals surface area contributed by atoms with Crippen LogP contribution in [0.25, 0.3) is 0 Å². The van der Waals surface area contributed by atoms with Crippen LogP contribution in [0.15, 0.2) is 72.9 Å². The molecule has 0 aromatic rings. The number of aliphatic hydroxyl groups is 1. The number of nitrogens with zero attached hydrogens (tertiary/aromatic N) is 1. The minimum atomic E-state index is -4.36. The summed E-state index contributed by atoms with van der Waals surface area (Å²) in [5.74, 6) is -0.188. The van der Waals surface area contributed by atoms with Crippen LogP contribution in [0.4, 0.5) is 0 Å². The molecule has 8 nitrogen and oxygen atoms in total. The van der Waals surface area contributed by atoms with E-state index in [1.165, 1.54) is 225 Å². The maximum Gasteiger partial charge on any atom is 0.472 e. The van der Waals surface area contributed by atoms with E-state index in [9.17, 15) is 19.4 Å². The predicted molar refractivity (Wildman–Crippen MR) is 341 cm³/mol. The highest BCUT2D eigenvalue weighted by atomic mass is 31.2. The number of nitrogens with one attached hydrogen (secondary N) is 1. The summed E-state index contributed by atoms with van der Waals surface area (Å²) >= 11 is 0. The van der Waals surface area contributed by atoms with E-state index in [0.717, 1.165) is 64.2 Å². The van der Waals surface area contributed by atoms with E-state index >= 15 is 0 Å². The number of carbonyl (C=O) groups excluding carboxylic acids is 1. The molecule has 0 aromatic carbocycles. The van der Waals surface area contributed by atoms with Crippen LogP contribution in [0, 0.1) is 0 Å². The Hall–Kier alpha value is -2.06. The Morgan fingerprint density at radius 2 is 0.782 bits per heavy atom. The SMILES string of the molecule is CC/C=C\C/C=C\C/C=C\C/C=C\CCCCCCCCCCCCCCC(=O)NC(COP(=O)(O)OCC[N+](C)(C)C)C(O)/C=C/CC/C=C/CCCCCCCCCCCCCCCCCCCCCCCCCCC. The van der Waals surface area contributed by atoms with Crippen LogP contribution in [0.3, 0.4) is 0 Å². The third-order valence-electron chi connectivity index (χ3n) is 14.9. The van der Waals surface area contributed by atoms with Gasteiger partial charge < -0.3 is 19.8 Å². The Labute approximate surface area is 484 Å². The molecule has 0 fully saturated rings. The van der Waals surface area contributed by atoms with Crippen LogP contribution in [-0.4, -0.2) is 73.4 Å². The lowest BCUT2D eigenvalue weighted by molar-refractivity contribution is -0.870. The van der Waals surface area contributed by atoms with Crippen molar-refractivity contribution >= 4 is 13.7 Å². The zero-order chi connectivity index (χ0) is 57.0. The molecule has 0 rings (SSSR count). The lowest BCUT2D eigenvalue weighted by atomic mass is 10.0.